The lowest BCUT2D eigenvalue weighted by molar-refractivity contribution is -0.157. The lowest BCUT2D eigenvalue weighted by Crippen LogP contribution is -2.27. The fraction of sp³-hybridized carbons (Fsp3) is 0.286. The second-order valence-electron chi connectivity index (χ2n) is 3.81. The minimum absolute atomic E-state index is 0.430. The second-order valence-corrected chi connectivity index (χ2v) is 3.81. The highest BCUT2D eigenvalue weighted by atomic mass is 16.6. The Morgan fingerprint density at radius 2 is 1.83 bits per heavy atom. The topological polar surface area (TPSA) is 52.6 Å². The summed E-state index contributed by atoms with van der Waals surface area (Å²) in [5, 5.41) is 0. The first-order valence-electron chi connectivity index (χ1n) is 5.64. The van der Waals surface area contributed by atoms with E-state index in [0.29, 0.717) is 5.75 Å². The summed E-state index contributed by atoms with van der Waals surface area (Å²) in [6.45, 7) is 5.10. The molecule has 1 aromatic carbocycles. The standard InChI is InChI=1S/C14H16O4/c1-4-5-13(15)17-11(3)14(16)18-12-8-6-10(2)7-9-12/h4-9,11H,1-3H3/b5-4-. The predicted molar refractivity (Wildman–Crippen MR) is 67.2 cm³/mol. The molecule has 0 N–H and O–H groups in total. The van der Waals surface area contributed by atoms with Crippen molar-refractivity contribution in [3.05, 3.63) is 42.0 Å². The van der Waals surface area contributed by atoms with Gasteiger partial charge in [-0.3, -0.25) is 0 Å². The van der Waals surface area contributed by atoms with E-state index in [-0.39, 0.29) is 0 Å². The average Bonchev–Trinajstić information content (AvgIpc) is 2.32. The van der Waals surface area contributed by atoms with Gasteiger partial charge in [0, 0.05) is 6.08 Å². The molecule has 0 fully saturated rings. The summed E-state index contributed by atoms with van der Waals surface area (Å²) in [5.41, 5.74) is 1.07. The average molecular weight is 248 g/mol. The fourth-order valence-corrected chi connectivity index (χ4v) is 1.20. The maximum absolute atomic E-state index is 11.6. The Morgan fingerprint density at radius 1 is 1.22 bits per heavy atom. The van der Waals surface area contributed by atoms with Gasteiger partial charge in [-0.1, -0.05) is 23.8 Å². The van der Waals surface area contributed by atoms with Crippen LogP contribution in [-0.2, 0) is 14.3 Å². The predicted octanol–water partition coefficient (Wildman–Crippen LogP) is 2.41. The van der Waals surface area contributed by atoms with Gasteiger partial charge in [-0.15, -0.1) is 0 Å². The number of aryl methyl sites for hydroxylation is 1. The van der Waals surface area contributed by atoms with E-state index in [0.717, 1.165) is 5.56 Å². The summed E-state index contributed by atoms with van der Waals surface area (Å²) in [6, 6.07) is 7.04. The molecule has 0 spiro atoms. The molecule has 1 unspecified atom stereocenters. The third-order valence-corrected chi connectivity index (χ3v) is 2.17. The van der Waals surface area contributed by atoms with E-state index in [1.54, 1.807) is 25.1 Å². The number of esters is 2. The lowest BCUT2D eigenvalue weighted by atomic mass is 10.2. The minimum atomic E-state index is -0.935. The van der Waals surface area contributed by atoms with Gasteiger partial charge in [-0.2, -0.15) is 0 Å². The molecule has 0 bridgehead atoms. The summed E-state index contributed by atoms with van der Waals surface area (Å²) < 4.78 is 9.92. The van der Waals surface area contributed by atoms with E-state index in [2.05, 4.69) is 0 Å². The van der Waals surface area contributed by atoms with Crippen LogP contribution < -0.4 is 4.74 Å². The monoisotopic (exact) mass is 248 g/mol. The molecule has 1 rings (SSSR count). The molecular weight excluding hydrogens is 232 g/mol. The van der Waals surface area contributed by atoms with Gasteiger partial charge in [0.25, 0.3) is 0 Å². The molecular formula is C14H16O4. The van der Waals surface area contributed by atoms with Gasteiger partial charge < -0.3 is 9.47 Å². The maximum Gasteiger partial charge on any atom is 0.352 e. The van der Waals surface area contributed by atoms with Crippen molar-refractivity contribution >= 4 is 11.9 Å². The second kappa shape index (κ2) is 6.59. The first-order valence-corrected chi connectivity index (χ1v) is 5.64. The van der Waals surface area contributed by atoms with Crippen molar-refractivity contribution in [1.29, 1.82) is 0 Å². The molecule has 0 saturated carbocycles. The van der Waals surface area contributed by atoms with Gasteiger partial charge in [0.2, 0.25) is 0 Å². The third kappa shape index (κ3) is 4.41. The van der Waals surface area contributed by atoms with Crippen LogP contribution in [0.4, 0.5) is 0 Å². The van der Waals surface area contributed by atoms with Crippen LogP contribution >= 0.6 is 0 Å². The largest absolute Gasteiger partial charge is 0.447 e. The van der Waals surface area contributed by atoms with Crippen molar-refractivity contribution in [1.82, 2.24) is 0 Å². The highest BCUT2D eigenvalue weighted by molar-refractivity contribution is 5.86. The minimum Gasteiger partial charge on any atom is -0.447 e. The van der Waals surface area contributed by atoms with E-state index < -0.39 is 18.0 Å². The molecule has 0 aliphatic carbocycles. The van der Waals surface area contributed by atoms with E-state index >= 15 is 0 Å². The highest BCUT2D eigenvalue weighted by Gasteiger charge is 2.18. The van der Waals surface area contributed by atoms with Crippen molar-refractivity contribution in [2.75, 3.05) is 0 Å². The Labute approximate surface area is 106 Å². The summed E-state index contributed by atoms with van der Waals surface area (Å²) in [4.78, 5) is 22.8. The molecule has 0 aliphatic heterocycles. The van der Waals surface area contributed by atoms with E-state index in [1.807, 2.05) is 19.1 Å². The van der Waals surface area contributed by atoms with Crippen LogP contribution in [0, 0.1) is 6.92 Å². The first-order chi connectivity index (χ1) is 8.52. The SMILES string of the molecule is C/C=C\C(=O)OC(C)C(=O)Oc1ccc(C)cc1. The molecule has 1 atom stereocenters. The number of carbonyl (C=O) groups is 2. The number of benzene rings is 1. The zero-order valence-corrected chi connectivity index (χ0v) is 10.7. The quantitative estimate of drug-likeness (QED) is 0.466. The van der Waals surface area contributed by atoms with Gasteiger partial charge in [0.1, 0.15) is 5.75 Å². The Kier molecular flexibility index (Phi) is 5.11. The molecule has 0 saturated heterocycles. The highest BCUT2D eigenvalue weighted by Crippen LogP contribution is 2.12. The lowest BCUT2D eigenvalue weighted by Gasteiger charge is -2.11. The molecule has 0 radical (unpaired) electrons. The van der Waals surface area contributed by atoms with Crippen LogP contribution in [0.25, 0.3) is 0 Å². The molecule has 1 aromatic rings. The number of allylic oxidation sites excluding steroid dienone is 1. The Hall–Kier alpha value is -2.10. The van der Waals surface area contributed by atoms with Crippen LogP contribution in [0.1, 0.15) is 19.4 Å². The zero-order chi connectivity index (χ0) is 13.5. The molecule has 96 valence electrons. The van der Waals surface area contributed by atoms with Gasteiger partial charge >= 0.3 is 11.9 Å². The van der Waals surface area contributed by atoms with Gasteiger partial charge in [0.05, 0.1) is 0 Å². The molecule has 0 aromatic heterocycles. The third-order valence-electron chi connectivity index (χ3n) is 2.17. The van der Waals surface area contributed by atoms with Gasteiger partial charge in [-0.25, -0.2) is 9.59 Å². The first kappa shape index (κ1) is 14.0. The summed E-state index contributed by atoms with van der Waals surface area (Å²) >= 11 is 0. The maximum atomic E-state index is 11.6. The number of hydrogen-bond donors (Lipinski definition) is 0. The number of rotatable bonds is 4. The summed E-state index contributed by atoms with van der Waals surface area (Å²) in [7, 11) is 0. The van der Waals surface area contributed by atoms with Crippen LogP contribution in [0.2, 0.25) is 0 Å². The van der Waals surface area contributed by atoms with E-state index in [9.17, 15) is 9.59 Å². The number of hydrogen-bond acceptors (Lipinski definition) is 4. The van der Waals surface area contributed by atoms with Crippen LogP contribution in [0.15, 0.2) is 36.4 Å². The summed E-state index contributed by atoms with van der Waals surface area (Å²) in [5.74, 6) is -0.734. The van der Waals surface area contributed by atoms with E-state index in [1.165, 1.54) is 13.0 Å². The van der Waals surface area contributed by atoms with Gasteiger partial charge in [0.15, 0.2) is 6.10 Å². The van der Waals surface area contributed by atoms with Crippen LogP contribution in [-0.4, -0.2) is 18.0 Å². The normalized spacial score (nSPS) is 12.2. The van der Waals surface area contributed by atoms with Crippen molar-refractivity contribution in [2.45, 2.75) is 26.9 Å². The van der Waals surface area contributed by atoms with Crippen molar-refractivity contribution < 1.29 is 19.1 Å². The van der Waals surface area contributed by atoms with Crippen LogP contribution in [0.3, 0.4) is 0 Å². The van der Waals surface area contributed by atoms with Crippen molar-refractivity contribution in [2.24, 2.45) is 0 Å². The smallest absolute Gasteiger partial charge is 0.352 e. The number of carbonyl (C=O) groups excluding carboxylic acids is 2. The molecule has 4 heteroatoms. The molecule has 0 amide bonds. The van der Waals surface area contributed by atoms with E-state index in [4.69, 9.17) is 9.47 Å². The number of ether oxygens (including phenoxy) is 2. The molecule has 0 heterocycles. The zero-order valence-electron chi connectivity index (χ0n) is 10.7. The Bertz CT molecular complexity index is 445. The van der Waals surface area contributed by atoms with Crippen molar-refractivity contribution in [3.8, 4) is 5.75 Å². The van der Waals surface area contributed by atoms with Crippen LogP contribution in [0.5, 0.6) is 5.75 Å². The summed E-state index contributed by atoms with van der Waals surface area (Å²) in [6.07, 6.45) is 1.85. The van der Waals surface area contributed by atoms with Gasteiger partial charge in [-0.05, 0) is 32.9 Å². The Morgan fingerprint density at radius 3 is 2.39 bits per heavy atom. The fourth-order valence-electron chi connectivity index (χ4n) is 1.20. The molecule has 18 heavy (non-hydrogen) atoms. The molecule has 4 nitrogen and oxygen atoms in total. The molecule has 0 aliphatic rings. The Balaban J connectivity index is 2.54. The van der Waals surface area contributed by atoms with Crippen molar-refractivity contribution in [3.63, 3.8) is 0 Å².